The summed E-state index contributed by atoms with van der Waals surface area (Å²) in [6.45, 7) is 5.52. The van der Waals surface area contributed by atoms with Crippen LogP contribution in [-0.2, 0) is 4.79 Å². The number of pyridine rings is 1. The topological polar surface area (TPSA) is 45.2 Å². The third kappa shape index (κ3) is 3.76. The average Bonchev–Trinajstić information content (AvgIpc) is 2.38. The Hall–Kier alpha value is -1.000. The molecule has 4 nitrogen and oxygen atoms in total. The van der Waals surface area contributed by atoms with Crippen LogP contribution in [0.1, 0.15) is 26.7 Å². The molecule has 1 saturated heterocycles. The van der Waals surface area contributed by atoms with Crippen LogP contribution in [0.15, 0.2) is 12.3 Å². The van der Waals surface area contributed by atoms with Crippen molar-refractivity contribution in [3.8, 4) is 0 Å². The van der Waals surface area contributed by atoms with Crippen LogP contribution in [0.5, 0.6) is 0 Å². The van der Waals surface area contributed by atoms with Crippen molar-refractivity contribution in [1.82, 2.24) is 10.3 Å². The molecule has 1 aromatic rings. The van der Waals surface area contributed by atoms with Gasteiger partial charge in [-0.15, -0.1) is 0 Å². The van der Waals surface area contributed by atoms with Gasteiger partial charge in [0.15, 0.2) is 0 Å². The fraction of sp³-hybridized carbons (Fsp3) is 0.571. The number of aromatic nitrogens is 1. The molecule has 1 fully saturated rings. The largest absolute Gasteiger partial charge is 0.355 e. The fourth-order valence-corrected chi connectivity index (χ4v) is 2.90. The molecule has 0 spiro atoms. The Kier molecular flexibility index (Phi) is 5.11. The summed E-state index contributed by atoms with van der Waals surface area (Å²) in [6, 6.07) is 1.89. The predicted octanol–water partition coefficient (Wildman–Crippen LogP) is 3.13. The van der Waals surface area contributed by atoms with Gasteiger partial charge in [-0.2, -0.15) is 0 Å². The van der Waals surface area contributed by atoms with Gasteiger partial charge in [0.25, 0.3) is 0 Å². The van der Waals surface area contributed by atoms with E-state index >= 15 is 0 Å². The quantitative estimate of drug-likeness (QED) is 0.932. The summed E-state index contributed by atoms with van der Waals surface area (Å²) in [4.78, 5) is 18.4. The number of halogens is 2. The van der Waals surface area contributed by atoms with Gasteiger partial charge in [0, 0.05) is 31.2 Å². The zero-order valence-electron chi connectivity index (χ0n) is 11.7. The minimum atomic E-state index is 0.0831. The summed E-state index contributed by atoms with van der Waals surface area (Å²) in [5.74, 6) is 0.980. The molecule has 1 aliphatic rings. The van der Waals surface area contributed by atoms with Gasteiger partial charge in [0.1, 0.15) is 5.82 Å². The number of amides is 1. The molecule has 1 amide bonds. The fourth-order valence-electron chi connectivity index (χ4n) is 2.40. The van der Waals surface area contributed by atoms with E-state index in [0.717, 1.165) is 31.7 Å². The maximum absolute atomic E-state index is 12.0. The summed E-state index contributed by atoms with van der Waals surface area (Å²) in [6.07, 6.45) is 3.23. The van der Waals surface area contributed by atoms with Gasteiger partial charge < -0.3 is 10.2 Å². The standard InChI is InChI=1S/C14H19Cl2N3O/c1-9(2)18-14(20)10-3-5-19(6-4-10)13-12(16)7-11(15)8-17-13/h7-10H,3-6H2,1-2H3,(H,18,20). The van der Waals surface area contributed by atoms with E-state index in [1.54, 1.807) is 12.3 Å². The second-order valence-electron chi connectivity index (χ2n) is 5.38. The molecular weight excluding hydrogens is 297 g/mol. The van der Waals surface area contributed by atoms with Crippen molar-refractivity contribution >= 4 is 34.9 Å². The Balaban J connectivity index is 1.95. The van der Waals surface area contributed by atoms with Crippen molar-refractivity contribution in [1.29, 1.82) is 0 Å². The monoisotopic (exact) mass is 315 g/mol. The molecule has 0 saturated carbocycles. The van der Waals surface area contributed by atoms with Crippen LogP contribution in [0.25, 0.3) is 0 Å². The Morgan fingerprint density at radius 2 is 2.05 bits per heavy atom. The number of nitrogens with one attached hydrogen (secondary N) is 1. The van der Waals surface area contributed by atoms with Gasteiger partial charge in [0.2, 0.25) is 5.91 Å². The molecule has 0 atom stereocenters. The highest BCUT2D eigenvalue weighted by Gasteiger charge is 2.26. The number of rotatable bonds is 3. The van der Waals surface area contributed by atoms with E-state index in [4.69, 9.17) is 23.2 Å². The first kappa shape index (κ1) is 15.4. The number of piperidine rings is 1. The molecule has 0 unspecified atom stereocenters. The molecule has 0 bridgehead atoms. The molecule has 2 rings (SSSR count). The minimum Gasteiger partial charge on any atom is -0.355 e. The van der Waals surface area contributed by atoms with Crippen LogP contribution in [0.4, 0.5) is 5.82 Å². The van der Waals surface area contributed by atoms with Crippen LogP contribution >= 0.6 is 23.2 Å². The van der Waals surface area contributed by atoms with E-state index in [1.807, 2.05) is 13.8 Å². The zero-order valence-corrected chi connectivity index (χ0v) is 13.2. The minimum absolute atomic E-state index is 0.0831. The lowest BCUT2D eigenvalue weighted by Crippen LogP contribution is -2.42. The summed E-state index contributed by atoms with van der Waals surface area (Å²) >= 11 is 12.0. The van der Waals surface area contributed by atoms with Gasteiger partial charge in [-0.25, -0.2) is 4.98 Å². The van der Waals surface area contributed by atoms with Crippen molar-refractivity contribution < 1.29 is 4.79 Å². The van der Waals surface area contributed by atoms with Crippen molar-refractivity contribution in [2.75, 3.05) is 18.0 Å². The normalized spacial score (nSPS) is 16.6. The number of carbonyl (C=O) groups excluding carboxylic acids is 1. The van der Waals surface area contributed by atoms with E-state index in [1.165, 1.54) is 0 Å². The van der Waals surface area contributed by atoms with Crippen molar-refractivity contribution in [2.45, 2.75) is 32.7 Å². The molecule has 6 heteroatoms. The lowest BCUT2D eigenvalue weighted by Gasteiger charge is -2.32. The second kappa shape index (κ2) is 6.64. The van der Waals surface area contributed by atoms with E-state index in [-0.39, 0.29) is 17.9 Å². The Bertz CT molecular complexity index is 485. The third-order valence-electron chi connectivity index (χ3n) is 3.38. The molecule has 1 aliphatic heterocycles. The van der Waals surface area contributed by atoms with Gasteiger partial charge in [-0.3, -0.25) is 4.79 Å². The smallest absolute Gasteiger partial charge is 0.223 e. The van der Waals surface area contributed by atoms with Crippen LogP contribution in [0.3, 0.4) is 0 Å². The second-order valence-corrected chi connectivity index (χ2v) is 6.23. The molecule has 1 aromatic heterocycles. The van der Waals surface area contributed by atoms with E-state index < -0.39 is 0 Å². The summed E-state index contributed by atoms with van der Waals surface area (Å²) in [7, 11) is 0. The molecule has 2 heterocycles. The molecule has 1 N–H and O–H groups in total. The van der Waals surface area contributed by atoms with E-state index in [9.17, 15) is 4.79 Å². The Labute approximate surface area is 129 Å². The molecule has 0 radical (unpaired) electrons. The van der Waals surface area contributed by atoms with Crippen LogP contribution in [-0.4, -0.2) is 30.0 Å². The Morgan fingerprint density at radius 3 is 2.60 bits per heavy atom. The van der Waals surface area contributed by atoms with Gasteiger partial charge in [0.05, 0.1) is 10.0 Å². The highest BCUT2D eigenvalue weighted by Crippen LogP contribution is 2.29. The van der Waals surface area contributed by atoms with Gasteiger partial charge in [-0.05, 0) is 32.8 Å². The van der Waals surface area contributed by atoms with Crippen LogP contribution in [0, 0.1) is 5.92 Å². The summed E-state index contributed by atoms with van der Waals surface area (Å²) in [5.41, 5.74) is 0. The van der Waals surface area contributed by atoms with E-state index in [2.05, 4.69) is 15.2 Å². The first-order valence-corrected chi connectivity index (χ1v) is 7.59. The number of hydrogen-bond donors (Lipinski definition) is 1. The highest BCUT2D eigenvalue weighted by atomic mass is 35.5. The number of hydrogen-bond acceptors (Lipinski definition) is 3. The molecular formula is C14H19Cl2N3O. The number of carbonyl (C=O) groups is 1. The maximum Gasteiger partial charge on any atom is 0.223 e. The molecule has 0 aromatic carbocycles. The van der Waals surface area contributed by atoms with Gasteiger partial charge >= 0.3 is 0 Å². The van der Waals surface area contributed by atoms with Crippen molar-refractivity contribution in [3.05, 3.63) is 22.3 Å². The van der Waals surface area contributed by atoms with Gasteiger partial charge in [-0.1, -0.05) is 23.2 Å². The summed E-state index contributed by atoms with van der Waals surface area (Å²) < 4.78 is 0. The first-order valence-electron chi connectivity index (χ1n) is 6.83. The average molecular weight is 316 g/mol. The third-order valence-corrected chi connectivity index (χ3v) is 3.87. The first-order chi connectivity index (χ1) is 9.47. The maximum atomic E-state index is 12.0. The van der Waals surface area contributed by atoms with Crippen LogP contribution < -0.4 is 10.2 Å². The van der Waals surface area contributed by atoms with Crippen molar-refractivity contribution in [3.63, 3.8) is 0 Å². The van der Waals surface area contributed by atoms with Crippen LogP contribution in [0.2, 0.25) is 10.0 Å². The lowest BCUT2D eigenvalue weighted by molar-refractivity contribution is -0.126. The SMILES string of the molecule is CC(C)NC(=O)C1CCN(c2ncc(Cl)cc2Cl)CC1. The molecule has 20 heavy (non-hydrogen) atoms. The number of anilines is 1. The molecule has 0 aliphatic carbocycles. The summed E-state index contributed by atoms with van der Waals surface area (Å²) in [5, 5.41) is 4.06. The zero-order chi connectivity index (χ0) is 14.7. The highest BCUT2D eigenvalue weighted by molar-refractivity contribution is 6.36. The van der Waals surface area contributed by atoms with E-state index in [0.29, 0.717) is 10.0 Å². The number of nitrogens with zero attached hydrogens (tertiary/aromatic N) is 2. The lowest BCUT2D eigenvalue weighted by atomic mass is 9.95. The van der Waals surface area contributed by atoms with Crippen molar-refractivity contribution in [2.24, 2.45) is 5.92 Å². The Morgan fingerprint density at radius 1 is 1.40 bits per heavy atom. The predicted molar refractivity (Wildman–Crippen MR) is 82.5 cm³/mol. The molecule has 110 valence electrons.